The van der Waals surface area contributed by atoms with E-state index in [-0.39, 0.29) is 0 Å². The molecular formula is C12H13NO. The van der Waals surface area contributed by atoms with Crippen LogP contribution in [0.15, 0.2) is 30.3 Å². The number of nitrogens with two attached hydrogens (primary N) is 1. The highest BCUT2D eigenvalue weighted by molar-refractivity contribution is 5.97. The summed E-state index contributed by atoms with van der Waals surface area (Å²) in [5.74, 6) is 0.870. The van der Waals surface area contributed by atoms with Gasteiger partial charge in [-0.25, -0.2) is 0 Å². The first kappa shape index (κ1) is 8.88. The van der Waals surface area contributed by atoms with Crippen molar-refractivity contribution in [2.45, 2.75) is 6.92 Å². The smallest absolute Gasteiger partial charge is 0.126 e. The third-order valence-electron chi connectivity index (χ3n) is 2.39. The van der Waals surface area contributed by atoms with E-state index < -0.39 is 0 Å². The van der Waals surface area contributed by atoms with Crippen LogP contribution in [-0.2, 0) is 0 Å². The van der Waals surface area contributed by atoms with Gasteiger partial charge in [-0.3, -0.25) is 0 Å². The highest BCUT2D eigenvalue weighted by Crippen LogP contribution is 2.30. The van der Waals surface area contributed by atoms with Gasteiger partial charge in [0.1, 0.15) is 5.75 Å². The molecule has 0 heterocycles. The number of ether oxygens (including phenoxy) is 1. The van der Waals surface area contributed by atoms with E-state index in [4.69, 9.17) is 10.5 Å². The molecule has 0 aromatic heterocycles. The van der Waals surface area contributed by atoms with Gasteiger partial charge in [0.15, 0.2) is 0 Å². The van der Waals surface area contributed by atoms with E-state index in [1.54, 1.807) is 7.11 Å². The summed E-state index contributed by atoms with van der Waals surface area (Å²) >= 11 is 0. The molecule has 2 heteroatoms. The summed E-state index contributed by atoms with van der Waals surface area (Å²) in [6.07, 6.45) is 0. The first-order valence-electron chi connectivity index (χ1n) is 4.55. The van der Waals surface area contributed by atoms with Crippen LogP contribution in [0, 0.1) is 6.92 Å². The Hall–Kier alpha value is -1.70. The predicted octanol–water partition coefficient (Wildman–Crippen LogP) is 2.74. The van der Waals surface area contributed by atoms with Crippen molar-refractivity contribution in [2.24, 2.45) is 0 Å². The molecular weight excluding hydrogens is 174 g/mol. The number of hydrogen-bond acceptors (Lipinski definition) is 2. The van der Waals surface area contributed by atoms with E-state index >= 15 is 0 Å². The number of benzene rings is 2. The molecule has 2 aromatic carbocycles. The van der Waals surface area contributed by atoms with Gasteiger partial charge in [-0.05, 0) is 25.1 Å². The molecule has 0 aliphatic heterocycles. The summed E-state index contributed by atoms with van der Waals surface area (Å²) in [5.41, 5.74) is 7.89. The lowest BCUT2D eigenvalue weighted by Gasteiger charge is -2.08. The molecule has 0 bridgehead atoms. The van der Waals surface area contributed by atoms with Crippen LogP contribution in [0.4, 0.5) is 5.69 Å². The summed E-state index contributed by atoms with van der Waals surface area (Å²) in [5, 5.41) is 2.13. The zero-order chi connectivity index (χ0) is 10.1. The summed E-state index contributed by atoms with van der Waals surface area (Å²) in [4.78, 5) is 0. The van der Waals surface area contributed by atoms with E-state index in [1.807, 2.05) is 18.2 Å². The van der Waals surface area contributed by atoms with E-state index in [2.05, 4.69) is 19.1 Å². The lowest BCUT2D eigenvalue weighted by atomic mass is 10.1. The molecule has 0 fully saturated rings. The van der Waals surface area contributed by atoms with Gasteiger partial charge in [-0.1, -0.05) is 17.7 Å². The fourth-order valence-electron chi connectivity index (χ4n) is 1.63. The largest absolute Gasteiger partial charge is 0.496 e. The summed E-state index contributed by atoms with van der Waals surface area (Å²) in [7, 11) is 1.67. The quantitative estimate of drug-likeness (QED) is 0.697. The average Bonchev–Trinajstić information content (AvgIpc) is 2.19. The Morgan fingerprint density at radius 1 is 1.07 bits per heavy atom. The Bertz CT molecular complexity index is 477. The van der Waals surface area contributed by atoms with Gasteiger partial charge >= 0.3 is 0 Å². The normalized spacial score (nSPS) is 10.4. The van der Waals surface area contributed by atoms with Gasteiger partial charge in [0.05, 0.1) is 7.11 Å². The van der Waals surface area contributed by atoms with Crippen LogP contribution in [0.1, 0.15) is 5.56 Å². The molecule has 0 unspecified atom stereocenters. The van der Waals surface area contributed by atoms with Gasteiger partial charge in [0.2, 0.25) is 0 Å². The number of anilines is 1. The minimum atomic E-state index is 0.796. The zero-order valence-electron chi connectivity index (χ0n) is 8.37. The maximum absolute atomic E-state index is 5.89. The maximum atomic E-state index is 5.89. The van der Waals surface area contributed by atoms with Crippen LogP contribution in [0.25, 0.3) is 10.8 Å². The molecule has 2 rings (SSSR count). The van der Waals surface area contributed by atoms with Gasteiger partial charge in [-0.15, -0.1) is 0 Å². The maximum Gasteiger partial charge on any atom is 0.126 e. The zero-order valence-corrected chi connectivity index (χ0v) is 8.37. The van der Waals surface area contributed by atoms with Crippen molar-refractivity contribution in [3.8, 4) is 5.75 Å². The summed E-state index contributed by atoms with van der Waals surface area (Å²) in [6.45, 7) is 2.05. The molecule has 0 amide bonds. The summed E-state index contributed by atoms with van der Waals surface area (Å²) in [6, 6.07) is 9.95. The first-order chi connectivity index (χ1) is 6.72. The lowest BCUT2D eigenvalue weighted by molar-refractivity contribution is 0.420. The average molecular weight is 187 g/mol. The number of hydrogen-bond donors (Lipinski definition) is 1. The second-order valence-electron chi connectivity index (χ2n) is 3.41. The lowest BCUT2D eigenvalue weighted by Crippen LogP contribution is -1.90. The van der Waals surface area contributed by atoms with Crippen LogP contribution >= 0.6 is 0 Å². The number of nitrogen functional groups attached to an aromatic ring is 1. The number of aryl methyl sites for hydroxylation is 1. The SMILES string of the molecule is COc1ccc(N)c2cc(C)ccc12. The van der Waals surface area contributed by atoms with Crippen LogP contribution < -0.4 is 10.5 Å². The molecule has 0 saturated carbocycles. The Labute approximate surface area is 83.3 Å². The molecule has 2 aromatic rings. The molecule has 2 nitrogen and oxygen atoms in total. The van der Waals surface area contributed by atoms with Crippen molar-refractivity contribution in [2.75, 3.05) is 12.8 Å². The second kappa shape index (κ2) is 3.22. The van der Waals surface area contributed by atoms with E-state index in [1.165, 1.54) is 5.56 Å². The van der Waals surface area contributed by atoms with Crippen molar-refractivity contribution in [3.63, 3.8) is 0 Å². The monoisotopic (exact) mass is 187 g/mol. The molecule has 0 saturated heterocycles. The Balaban J connectivity index is 2.84. The van der Waals surface area contributed by atoms with Crippen molar-refractivity contribution < 1.29 is 4.74 Å². The third kappa shape index (κ3) is 1.29. The van der Waals surface area contributed by atoms with Gasteiger partial charge in [0, 0.05) is 16.5 Å². The molecule has 0 radical (unpaired) electrons. The van der Waals surface area contributed by atoms with Gasteiger partial charge in [0.25, 0.3) is 0 Å². The van der Waals surface area contributed by atoms with Crippen molar-refractivity contribution in [3.05, 3.63) is 35.9 Å². The van der Waals surface area contributed by atoms with E-state index in [9.17, 15) is 0 Å². The summed E-state index contributed by atoms with van der Waals surface area (Å²) < 4.78 is 5.27. The third-order valence-corrected chi connectivity index (χ3v) is 2.39. The van der Waals surface area contributed by atoms with E-state index in [0.29, 0.717) is 0 Å². The van der Waals surface area contributed by atoms with Crippen molar-refractivity contribution >= 4 is 16.5 Å². The highest BCUT2D eigenvalue weighted by Gasteiger charge is 2.03. The van der Waals surface area contributed by atoms with Gasteiger partial charge in [-0.2, -0.15) is 0 Å². The predicted molar refractivity (Wildman–Crippen MR) is 59.6 cm³/mol. The van der Waals surface area contributed by atoms with Crippen LogP contribution in [-0.4, -0.2) is 7.11 Å². The minimum Gasteiger partial charge on any atom is -0.496 e. The first-order valence-corrected chi connectivity index (χ1v) is 4.55. The second-order valence-corrected chi connectivity index (χ2v) is 3.41. The van der Waals surface area contributed by atoms with E-state index in [0.717, 1.165) is 22.2 Å². The van der Waals surface area contributed by atoms with Crippen LogP contribution in [0.5, 0.6) is 5.75 Å². The molecule has 72 valence electrons. The minimum absolute atomic E-state index is 0.796. The van der Waals surface area contributed by atoms with Crippen molar-refractivity contribution in [1.29, 1.82) is 0 Å². The fraction of sp³-hybridized carbons (Fsp3) is 0.167. The van der Waals surface area contributed by atoms with Crippen molar-refractivity contribution in [1.82, 2.24) is 0 Å². The fourth-order valence-corrected chi connectivity index (χ4v) is 1.63. The molecule has 0 aliphatic rings. The molecule has 0 atom stereocenters. The molecule has 2 N–H and O–H groups in total. The Morgan fingerprint density at radius 3 is 2.57 bits per heavy atom. The van der Waals surface area contributed by atoms with Crippen LogP contribution in [0.2, 0.25) is 0 Å². The molecule has 0 aliphatic carbocycles. The van der Waals surface area contributed by atoms with Gasteiger partial charge < -0.3 is 10.5 Å². The topological polar surface area (TPSA) is 35.2 Å². The Kier molecular flexibility index (Phi) is 2.04. The number of fused-ring (bicyclic) bond motifs is 1. The van der Waals surface area contributed by atoms with Crippen LogP contribution in [0.3, 0.4) is 0 Å². The number of rotatable bonds is 1. The number of methoxy groups -OCH3 is 1. The highest BCUT2D eigenvalue weighted by atomic mass is 16.5. The Morgan fingerprint density at radius 2 is 1.86 bits per heavy atom. The molecule has 14 heavy (non-hydrogen) atoms. The standard InChI is InChI=1S/C12H13NO/c1-8-3-4-9-10(7-8)11(13)5-6-12(9)14-2/h3-7H,13H2,1-2H3. The molecule has 0 spiro atoms.